The Kier molecular flexibility index (Phi) is 3.65. The molecule has 1 unspecified atom stereocenters. The second-order valence-corrected chi connectivity index (χ2v) is 5.12. The summed E-state index contributed by atoms with van der Waals surface area (Å²) >= 11 is 7.82. The summed E-state index contributed by atoms with van der Waals surface area (Å²) in [7, 11) is 0. The van der Waals surface area contributed by atoms with Gasteiger partial charge in [0.15, 0.2) is 0 Å². The summed E-state index contributed by atoms with van der Waals surface area (Å²) in [5, 5.41) is 7.71. The van der Waals surface area contributed by atoms with Gasteiger partial charge in [0.1, 0.15) is 0 Å². The van der Waals surface area contributed by atoms with Crippen LogP contribution in [0.15, 0.2) is 18.2 Å². The Morgan fingerprint density at radius 3 is 3.13 bits per heavy atom. The molecule has 2 rings (SSSR count). The van der Waals surface area contributed by atoms with Crippen LogP contribution in [0.2, 0.25) is 5.02 Å². The van der Waals surface area contributed by atoms with Crippen LogP contribution in [0.4, 0.5) is 11.4 Å². The molecule has 1 heterocycles. The van der Waals surface area contributed by atoms with E-state index in [9.17, 15) is 0 Å². The Hall–Kier alpha value is -0.540. The Morgan fingerprint density at radius 1 is 1.47 bits per heavy atom. The van der Waals surface area contributed by atoms with E-state index < -0.39 is 0 Å². The molecule has 0 spiro atoms. The third-order valence-corrected chi connectivity index (χ3v) is 3.43. The molecule has 0 saturated heterocycles. The molecular formula is C11H15ClN2S. The van der Waals surface area contributed by atoms with Crippen molar-refractivity contribution in [3.63, 3.8) is 0 Å². The molecule has 1 aliphatic heterocycles. The third-order valence-electron chi connectivity index (χ3n) is 2.55. The summed E-state index contributed by atoms with van der Waals surface area (Å²) < 4.78 is 0. The Labute approximate surface area is 99.8 Å². The van der Waals surface area contributed by atoms with E-state index >= 15 is 0 Å². The fraction of sp³-hybridized carbons (Fsp3) is 0.455. The fourth-order valence-electron chi connectivity index (χ4n) is 1.73. The second-order valence-electron chi connectivity index (χ2n) is 3.69. The highest BCUT2D eigenvalue weighted by atomic mass is 35.5. The lowest BCUT2D eigenvalue weighted by Gasteiger charge is -2.28. The van der Waals surface area contributed by atoms with Crippen LogP contribution in [0.25, 0.3) is 0 Å². The zero-order valence-corrected chi connectivity index (χ0v) is 10.3. The largest absolute Gasteiger partial charge is 0.381 e. The van der Waals surface area contributed by atoms with Crippen LogP contribution in [0.5, 0.6) is 0 Å². The highest BCUT2D eigenvalue weighted by Crippen LogP contribution is 2.29. The number of halogens is 1. The number of thioether (sulfide) groups is 1. The van der Waals surface area contributed by atoms with Gasteiger partial charge in [-0.05, 0) is 36.6 Å². The zero-order valence-electron chi connectivity index (χ0n) is 8.72. The van der Waals surface area contributed by atoms with Crippen molar-refractivity contribution in [2.75, 3.05) is 29.2 Å². The van der Waals surface area contributed by atoms with Gasteiger partial charge >= 0.3 is 0 Å². The van der Waals surface area contributed by atoms with Gasteiger partial charge in [-0.25, -0.2) is 0 Å². The van der Waals surface area contributed by atoms with E-state index in [0.29, 0.717) is 6.04 Å². The van der Waals surface area contributed by atoms with Crippen molar-refractivity contribution in [3.05, 3.63) is 23.2 Å². The maximum atomic E-state index is 5.93. The first-order valence-corrected chi connectivity index (χ1v) is 6.85. The summed E-state index contributed by atoms with van der Waals surface area (Å²) in [6.07, 6.45) is 3.33. The maximum absolute atomic E-state index is 5.93. The number of fused-ring (bicyclic) bond motifs is 1. The molecule has 0 radical (unpaired) electrons. The molecule has 1 atom stereocenters. The smallest absolute Gasteiger partial charge is 0.0591 e. The molecule has 1 aromatic rings. The van der Waals surface area contributed by atoms with Crippen LogP contribution in [-0.4, -0.2) is 24.6 Å². The van der Waals surface area contributed by atoms with Crippen molar-refractivity contribution < 1.29 is 0 Å². The average Bonchev–Trinajstić information content (AvgIpc) is 2.26. The minimum atomic E-state index is 0.533. The maximum Gasteiger partial charge on any atom is 0.0591 e. The molecule has 82 valence electrons. The molecule has 2 N–H and O–H groups in total. The quantitative estimate of drug-likeness (QED) is 0.851. The molecule has 2 nitrogen and oxygen atoms in total. The molecule has 0 amide bonds. The van der Waals surface area contributed by atoms with E-state index in [1.165, 1.54) is 12.2 Å². The first kappa shape index (κ1) is 11.0. The lowest BCUT2D eigenvalue weighted by molar-refractivity contribution is 0.720. The zero-order chi connectivity index (χ0) is 10.7. The summed E-state index contributed by atoms with van der Waals surface area (Å²) in [5.41, 5.74) is 2.28. The number of nitrogens with one attached hydrogen (secondary N) is 2. The van der Waals surface area contributed by atoms with Gasteiger partial charge in [0.05, 0.1) is 11.4 Å². The van der Waals surface area contributed by atoms with E-state index in [0.717, 1.165) is 22.9 Å². The van der Waals surface area contributed by atoms with Crippen molar-refractivity contribution in [2.24, 2.45) is 0 Å². The number of rotatable bonds is 3. The third kappa shape index (κ3) is 2.73. The lowest BCUT2D eigenvalue weighted by atomic mass is 10.1. The van der Waals surface area contributed by atoms with E-state index in [1.807, 2.05) is 30.0 Å². The minimum absolute atomic E-state index is 0.533. The summed E-state index contributed by atoms with van der Waals surface area (Å²) in [6.45, 7) is 0.980. The van der Waals surface area contributed by atoms with Gasteiger partial charge in [-0.15, -0.1) is 0 Å². The van der Waals surface area contributed by atoms with Gasteiger partial charge in [-0.2, -0.15) is 11.8 Å². The molecule has 1 aromatic carbocycles. The normalized spacial score (nSPS) is 18.9. The predicted molar refractivity (Wildman–Crippen MR) is 70.4 cm³/mol. The van der Waals surface area contributed by atoms with Crippen LogP contribution >= 0.6 is 23.4 Å². The van der Waals surface area contributed by atoms with E-state index in [-0.39, 0.29) is 0 Å². The Bertz CT molecular complexity index is 343. The van der Waals surface area contributed by atoms with Crippen LogP contribution in [-0.2, 0) is 0 Å². The molecule has 0 saturated carbocycles. The van der Waals surface area contributed by atoms with Crippen LogP contribution in [0, 0.1) is 0 Å². The van der Waals surface area contributed by atoms with Crippen LogP contribution in [0.3, 0.4) is 0 Å². The first-order valence-electron chi connectivity index (χ1n) is 5.08. The van der Waals surface area contributed by atoms with Crippen molar-refractivity contribution in [1.29, 1.82) is 0 Å². The van der Waals surface area contributed by atoms with Gasteiger partial charge in [0, 0.05) is 17.6 Å². The number of anilines is 2. The highest BCUT2D eigenvalue weighted by Gasteiger charge is 2.16. The molecule has 1 aliphatic rings. The van der Waals surface area contributed by atoms with E-state index in [1.54, 1.807) is 0 Å². The summed E-state index contributed by atoms with van der Waals surface area (Å²) in [6, 6.07) is 6.46. The van der Waals surface area contributed by atoms with Crippen molar-refractivity contribution in [1.82, 2.24) is 0 Å². The average molecular weight is 243 g/mol. The predicted octanol–water partition coefficient (Wildman–Crippen LogP) is 3.30. The lowest BCUT2D eigenvalue weighted by Crippen LogP contribution is -2.33. The topological polar surface area (TPSA) is 24.1 Å². The molecule has 4 heteroatoms. The number of benzene rings is 1. The van der Waals surface area contributed by atoms with Crippen molar-refractivity contribution >= 4 is 34.7 Å². The monoisotopic (exact) mass is 242 g/mol. The van der Waals surface area contributed by atoms with Gasteiger partial charge < -0.3 is 10.6 Å². The van der Waals surface area contributed by atoms with E-state index in [2.05, 4.69) is 16.9 Å². The minimum Gasteiger partial charge on any atom is -0.381 e. The fourth-order valence-corrected chi connectivity index (χ4v) is 2.42. The molecular weight excluding hydrogens is 228 g/mol. The molecule has 15 heavy (non-hydrogen) atoms. The second kappa shape index (κ2) is 4.99. The van der Waals surface area contributed by atoms with Crippen LogP contribution < -0.4 is 10.6 Å². The Morgan fingerprint density at radius 2 is 2.33 bits per heavy atom. The van der Waals surface area contributed by atoms with Gasteiger partial charge in [-0.3, -0.25) is 0 Å². The molecule has 0 aliphatic carbocycles. The van der Waals surface area contributed by atoms with Gasteiger partial charge in [0.2, 0.25) is 0 Å². The van der Waals surface area contributed by atoms with E-state index in [4.69, 9.17) is 11.6 Å². The van der Waals surface area contributed by atoms with Gasteiger partial charge in [0.25, 0.3) is 0 Å². The van der Waals surface area contributed by atoms with Crippen LogP contribution in [0.1, 0.15) is 6.42 Å². The van der Waals surface area contributed by atoms with Gasteiger partial charge in [-0.1, -0.05) is 11.6 Å². The SMILES string of the molecule is CSCCC1CNc2cc(Cl)ccc2N1. The molecule has 0 aromatic heterocycles. The molecule has 0 fully saturated rings. The van der Waals surface area contributed by atoms with Crippen molar-refractivity contribution in [2.45, 2.75) is 12.5 Å². The number of hydrogen-bond acceptors (Lipinski definition) is 3. The summed E-state index contributed by atoms with van der Waals surface area (Å²) in [5.74, 6) is 1.20. The van der Waals surface area contributed by atoms with Crippen molar-refractivity contribution in [3.8, 4) is 0 Å². The standard InChI is InChI=1S/C11H15ClN2S/c1-15-5-4-9-7-13-11-6-8(12)2-3-10(11)14-9/h2-3,6,9,13-14H,4-5,7H2,1H3. The Balaban J connectivity index is 2.03. The first-order chi connectivity index (χ1) is 7.29. The molecule has 0 bridgehead atoms. The summed E-state index contributed by atoms with van der Waals surface area (Å²) in [4.78, 5) is 0. The highest BCUT2D eigenvalue weighted by molar-refractivity contribution is 7.98. The number of hydrogen-bond donors (Lipinski definition) is 2.